The van der Waals surface area contributed by atoms with Gasteiger partial charge in [0.15, 0.2) is 6.61 Å². The average Bonchev–Trinajstić information content (AvgIpc) is 2.63. The predicted octanol–water partition coefficient (Wildman–Crippen LogP) is 4.07. The summed E-state index contributed by atoms with van der Waals surface area (Å²) in [5.74, 6) is 0.424. The Morgan fingerprint density at radius 2 is 1.63 bits per heavy atom. The van der Waals surface area contributed by atoms with Crippen molar-refractivity contribution < 1.29 is 23.8 Å². The van der Waals surface area contributed by atoms with Crippen LogP contribution in [0.4, 0.5) is 0 Å². The van der Waals surface area contributed by atoms with Crippen molar-refractivity contribution in [2.24, 2.45) is 0 Å². The highest BCUT2D eigenvalue weighted by atomic mass is 16.5. The van der Waals surface area contributed by atoms with Crippen LogP contribution >= 0.6 is 0 Å². The van der Waals surface area contributed by atoms with Crippen LogP contribution in [0.25, 0.3) is 6.08 Å². The summed E-state index contributed by atoms with van der Waals surface area (Å²) in [6.45, 7) is 5.43. The molecule has 0 amide bonds. The van der Waals surface area contributed by atoms with Crippen LogP contribution < -0.4 is 9.47 Å². The van der Waals surface area contributed by atoms with E-state index in [1.807, 2.05) is 32.9 Å². The lowest BCUT2D eigenvalue weighted by molar-refractivity contribution is -0.136. The molecule has 0 aromatic heterocycles. The molecular formula is C22H24O5. The molecule has 0 N–H and O–H groups in total. The van der Waals surface area contributed by atoms with Gasteiger partial charge in [-0.25, -0.2) is 4.79 Å². The summed E-state index contributed by atoms with van der Waals surface area (Å²) in [5.41, 5.74) is 4.13. The number of hydrogen-bond donors (Lipinski definition) is 0. The number of benzene rings is 2. The first-order valence-electron chi connectivity index (χ1n) is 8.53. The minimum Gasteiger partial charge on any atom is -0.497 e. The second kappa shape index (κ2) is 9.03. The minimum atomic E-state index is -0.601. The van der Waals surface area contributed by atoms with E-state index < -0.39 is 5.97 Å². The third kappa shape index (κ3) is 5.20. The molecule has 27 heavy (non-hydrogen) atoms. The number of carbonyl (C=O) groups is 2. The van der Waals surface area contributed by atoms with Gasteiger partial charge in [0, 0.05) is 17.2 Å². The monoisotopic (exact) mass is 368 g/mol. The van der Waals surface area contributed by atoms with E-state index in [4.69, 9.17) is 14.2 Å². The van der Waals surface area contributed by atoms with Gasteiger partial charge in [-0.3, -0.25) is 4.79 Å². The number of aryl methyl sites for hydroxylation is 3. The standard InChI is InChI=1S/C22H24O5/c1-14-10-15(2)22(16(3)11-14)19(23)13-27-21(24)9-6-17-12-18(25-4)7-8-20(17)26-5/h6-12H,13H2,1-5H3/b9-6+. The Labute approximate surface area is 159 Å². The van der Waals surface area contributed by atoms with Gasteiger partial charge in [-0.15, -0.1) is 0 Å². The zero-order valence-corrected chi connectivity index (χ0v) is 16.3. The molecule has 0 saturated carbocycles. The summed E-state index contributed by atoms with van der Waals surface area (Å²) >= 11 is 0. The third-order valence-electron chi connectivity index (χ3n) is 4.14. The zero-order chi connectivity index (χ0) is 20.0. The van der Waals surface area contributed by atoms with Crippen molar-refractivity contribution in [2.75, 3.05) is 20.8 Å². The molecule has 0 aliphatic carbocycles. The Hall–Kier alpha value is -3.08. The van der Waals surface area contributed by atoms with Crippen molar-refractivity contribution in [3.05, 3.63) is 64.2 Å². The second-order valence-electron chi connectivity index (χ2n) is 6.25. The number of ketones is 1. The lowest BCUT2D eigenvalue weighted by atomic mass is 9.97. The molecular weight excluding hydrogens is 344 g/mol. The van der Waals surface area contributed by atoms with Crippen LogP contribution in [0.15, 0.2) is 36.4 Å². The first-order valence-corrected chi connectivity index (χ1v) is 8.53. The van der Waals surface area contributed by atoms with E-state index in [1.165, 1.54) is 6.08 Å². The Bertz CT molecular complexity index is 857. The number of rotatable bonds is 7. The van der Waals surface area contributed by atoms with Crippen LogP contribution in [0.3, 0.4) is 0 Å². The summed E-state index contributed by atoms with van der Waals surface area (Å²) in [7, 11) is 3.10. The molecule has 0 spiro atoms. The van der Waals surface area contributed by atoms with Crippen molar-refractivity contribution in [1.82, 2.24) is 0 Å². The maximum atomic E-state index is 12.4. The normalized spacial score (nSPS) is 10.7. The summed E-state index contributed by atoms with van der Waals surface area (Å²) in [5, 5.41) is 0. The number of carbonyl (C=O) groups excluding carboxylic acids is 2. The first kappa shape index (κ1) is 20.2. The maximum absolute atomic E-state index is 12.4. The van der Waals surface area contributed by atoms with Gasteiger partial charge in [-0.05, 0) is 56.2 Å². The van der Waals surface area contributed by atoms with E-state index in [2.05, 4.69) is 0 Å². The smallest absolute Gasteiger partial charge is 0.331 e. The fraction of sp³-hybridized carbons (Fsp3) is 0.273. The van der Waals surface area contributed by atoms with E-state index in [-0.39, 0.29) is 12.4 Å². The van der Waals surface area contributed by atoms with Crippen LogP contribution in [0.5, 0.6) is 11.5 Å². The minimum absolute atomic E-state index is 0.217. The van der Waals surface area contributed by atoms with Crippen molar-refractivity contribution in [2.45, 2.75) is 20.8 Å². The molecule has 0 radical (unpaired) electrons. The molecule has 142 valence electrons. The quantitative estimate of drug-likeness (QED) is 0.419. The highest BCUT2D eigenvalue weighted by Gasteiger charge is 2.14. The molecule has 0 heterocycles. The van der Waals surface area contributed by atoms with E-state index in [1.54, 1.807) is 38.5 Å². The van der Waals surface area contributed by atoms with Crippen LogP contribution in [-0.2, 0) is 9.53 Å². The number of esters is 1. The lowest BCUT2D eigenvalue weighted by Crippen LogP contribution is -2.15. The predicted molar refractivity (Wildman–Crippen MR) is 105 cm³/mol. The average molecular weight is 368 g/mol. The van der Waals surface area contributed by atoms with Gasteiger partial charge in [-0.1, -0.05) is 17.7 Å². The van der Waals surface area contributed by atoms with Crippen LogP contribution in [-0.4, -0.2) is 32.6 Å². The van der Waals surface area contributed by atoms with Crippen molar-refractivity contribution in [3.63, 3.8) is 0 Å². The molecule has 0 aliphatic heterocycles. The molecule has 0 aliphatic rings. The summed E-state index contributed by atoms with van der Waals surface area (Å²) in [4.78, 5) is 24.4. The van der Waals surface area contributed by atoms with Gasteiger partial charge >= 0.3 is 5.97 Å². The van der Waals surface area contributed by atoms with Crippen LogP contribution in [0.2, 0.25) is 0 Å². The molecule has 0 atom stereocenters. The summed E-state index contributed by atoms with van der Waals surface area (Å²) < 4.78 is 15.5. The summed E-state index contributed by atoms with van der Waals surface area (Å²) in [6, 6.07) is 9.14. The molecule has 0 unspecified atom stereocenters. The number of ether oxygens (including phenoxy) is 3. The van der Waals surface area contributed by atoms with Crippen LogP contribution in [0, 0.1) is 20.8 Å². The zero-order valence-electron chi connectivity index (χ0n) is 16.3. The van der Waals surface area contributed by atoms with E-state index >= 15 is 0 Å². The highest BCUT2D eigenvalue weighted by molar-refractivity contribution is 6.01. The van der Waals surface area contributed by atoms with Gasteiger partial charge in [0.2, 0.25) is 5.78 Å². The molecule has 0 bridgehead atoms. The first-order chi connectivity index (χ1) is 12.8. The van der Waals surface area contributed by atoms with Gasteiger partial charge in [-0.2, -0.15) is 0 Å². The number of methoxy groups -OCH3 is 2. The van der Waals surface area contributed by atoms with E-state index in [0.717, 1.165) is 16.7 Å². The molecule has 0 fully saturated rings. The largest absolute Gasteiger partial charge is 0.497 e. The third-order valence-corrected chi connectivity index (χ3v) is 4.14. The molecule has 2 aromatic rings. The van der Waals surface area contributed by atoms with Crippen molar-refractivity contribution in [3.8, 4) is 11.5 Å². The fourth-order valence-corrected chi connectivity index (χ4v) is 3.00. The van der Waals surface area contributed by atoms with Gasteiger partial charge in [0.05, 0.1) is 14.2 Å². The Morgan fingerprint density at radius 3 is 2.22 bits per heavy atom. The van der Waals surface area contributed by atoms with Gasteiger partial charge in [0.1, 0.15) is 11.5 Å². The lowest BCUT2D eigenvalue weighted by Gasteiger charge is -2.10. The van der Waals surface area contributed by atoms with Gasteiger partial charge in [0.25, 0.3) is 0 Å². The Kier molecular flexibility index (Phi) is 6.77. The van der Waals surface area contributed by atoms with Crippen LogP contribution in [0.1, 0.15) is 32.6 Å². The molecule has 5 heteroatoms. The molecule has 2 rings (SSSR count). The SMILES string of the molecule is COc1ccc(OC)c(/C=C/C(=O)OCC(=O)c2c(C)cc(C)cc2C)c1. The fourth-order valence-electron chi connectivity index (χ4n) is 3.00. The number of hydrogen-bond acceptors (Lipinski definition) is 5. The highest BCUT2D eigenvalue weighted by Crippen LogP contribution is 2.25. The van der Waals surface area contributed by atoms with Crippen molar-refractivity contribution >= 4 is 17.8 Å². The number of Topliss-reactive ketones (excluding diaryl/α,β-unsaturated/α-hetero) is 1. The Balaban J connectivity index is 2.05. The summed E-state index contributed by atoms with van der Waals surface area (Å²) in [6.07, 6.45) is 2.83. The second-order valence-corrected chi connectivity index (χ2v) is 6.25. The molecule has 0 saturated heterocycles. The molecule has 5 nitrogen and oxygen atoms in total. The van der Waals surface area contributed by atoms with Gasteiger partial charge < -0.3 is 14.2 Å². The Morgan fingerprint density at radius 1 is 0.963 bits per heavy atom. The maximum Gasteiger partial charge on any atom is 0.331 e. The topological polar surface area (TPSA) is 61.8 Å². The molecule has 2 aromatic carbocycles. The van der Waals surface area contributed by atoms with Crippen molar-refractivity contribution in [1.29, 1.82) is 0 Å². The van der Waals surface area contributed by atoms with E-state index in [0.29, 0.717) is 22.6 Å². The van der Waals surface area contributed by atoms with E-state index in [9.17, 15) is 9.59 Å².